The third kappa shape index (κ3) is 6.72. The van der Waals surface area contributed by atoms with Gasteiger partial charge in [0.1, 0.15) is 6.10 Å². The van der Waals surface area contributed by atoms with E-state index in [0.717, 1.165) is 38.5 Å². The van der Waals surface area contributed by atoms with E-state index in [-0.39, 0.29) is 12.0 Å². The molecule has 0 amide bonds. The molecule has 2 rings (SSSR count). The van der Waals surface area contributed by atoms with Gasteiger partial charge in [-0.3, -0.25) is 0 Å². The molecule has 0 heterocycles. The van der Waals surface area contributed by atoms with E-state index in [1.54, 1.807) is 5.57 Å². The van der Waals surface area contributed by atoms with Crippen molar-refractivity contribution in [3.8, 4) is 11.8 Å². The molecule has 3 nitrogen and oxygen atoms in total. The molecule has 0 radical (unpaired) electrons. The minimum absolute atomic E-state index is 0.0447. The highest BCUT2D eigenvalue weighted by atomic mass is 16.3. The van der Waals surface area contributed by atoms with E-state index in [4.69, 9.17) is 0 Å². The molecule has 2 aliphatic rings. The SMILES string of the molecule is CCCCC[C@H](O)C#C[C@@H]1[C@H]2CC(CCCCCN(C)C)=C[C@H]2C[C@H]1O. The maximum absolute atomic E-state index is 10.4. The molecule has 3 heteroatoms. The number of rotatable bonds is 10. The van der Waals surface area contributed by atoms with Gasteiger partial charge >= 0.3 is 0 Å². The molecule has 0 aromatic carbocycles. The zero-order valence-electron chi connectivity index (χ0n) is 17.1. The highest BCUT2D eigenvalue weighted by molar-refractivity contribution is 5.24. The molecule has 5 atom stereocenters. The fourth-order valence-electron chi connectivity index (χ4n) is 4.49. The van der Waals surface area contributed by atoms with Gasteiger partial charge in [0.2, 0.25) is 0 Å². The van der Waals surface area contributed by atoms with Gasteiger partial charge in [-0.1, -0.05) is 49.7 Å². The summed E-state index contributed by atoms with van der Waals surface area (Å²) < 4.78 is 0. The van der Waals surface area contributed by atoms with Crippen molar-refractivity contribution in [2.75, 3.05) is 20.6 Å². The molecule has 1 saturated carbocycles. The number of hydrogen-bond acceptors (Lipinski definition) is 3. The lowest BCUT2D eigenvalue weighted by Crippen LogP contribution is -2.18. The first-order valence-electron chi connectivity index (χ1n) is 10.7. The molecule has 0 spiro atoms. The molecule has 0 unspecified atom stereocenters. The van der Waals surface area contributed by atoms with E-state index in [9.17, 15) is 10.2 Å². The topological polar surface area (TPSA) is 43.7 Å². The van der Waals surface area contributed by atoms with E-state index in [1.807, 2.05) is 0 Å². The van der Waals surface area contributed by atoms with Gasteiger partial charge in [0, 0.05) is 0 Å². The summed E-state index contributed by atoms with van der Waals surface area (Å²) in [6, 6.07) is 0. The predicted molar refractivity (Wildman–Crippen MR) is 109 cm³/mol. The first kappa shape index (κ1) is 21.5. The maximum Gasteiger partial charge on any atom is 0.114 e. The van der Waals surface area contributed by atoms with E-state index in [1.165, 1.54) is 32.2 Å². The van der Waals surface area contributed by atoms with Crippen LogP contribution in [-0.2, 0) is 0 Å². The fraction of sp³-hybridized carbons (Fsp3) is 0.826. The van der Waals surface area contributed by atoms with Crippen molar-refractivity contribution in [3.05, 3.63) is 11.6 Å². The molecule has 1 fully saturated rings. The van der Waals surface area contributed by atoms with Gasteiger partial charge in [-0.2, -0.15) is 0 Å². The molecule has 26 heavy (non-hydrogen) atoms. The van der Waals surface area contributed by atoms with Gasteiger partial charge < -0.3 is 15.1 Å². The Hall–Kier alpha value is -0.820. The lowest BCUT2D eigenvalue weighted by molar-refractivity contribution is 0.145. The number of nitrogens with zero attached hydrogens (tertiary/aromatic N) is 1. The Morgan fingerprint density at radius 3 is 2.73 bits per heavy atom. The van der Waals surface area contributed by atoms with Crippen LogP contribution in [0.1, 0.15) is 71.1 Å². The van der Waals surface area contributed by atoms with Gasteiger partial charge in [0.25, 0.3) is 0 Å². The van der Waals surface area contributed by atoms with Crippen molar-refractivity contribution in [2.24, 2.45) is 17.8 Å². The summed E-state index contributed by atoms with van der Waals surface area (Å²) in [5, 5.41) is 20.4. The predicted octanol–water partition coefficient (Wildman–Crippen LogP) is 4.00. The average Bonchev–Trinajstić information content (AvgIpc) is 3.09. The smallest absolute Gasteiger partial charge is 0.114 e. The van der Waals surface area contributed by atoms with Crippen LogP contribution in [0.3, 0.4) is 0 Å². The Bertz CT molecular complexity index is 502. The quantitative estimate of drug-likeness (QED) is 0.351. The highest BCUT2D eigenvalue weighted by Crippen LogP contribution is 2.47. The number of aliphatic hydroxyl groups excluding tert-OH is 2. The van der Waals surface area contributed by atoms with Crippen LogP contribution in [0.15, 0.2) is 11.6 Å². The second kappa shape index (κ2) is 11.1. The maximum atomic E-state index is 10.4. The molecule has 0 saturated heterocycles. The lowest BCUT2D eigenvalue weighted by Gasteiger charge is -2.16. The van der Waals surface area contributed by atoms with E-state index < -0.39 is 6.10 Å². The Balaban J connectivity index is 1.76. The number of aliphatic hydroxyl groups is 2. The monoisotopic (exact) mass is 361 g/mol. The number of unbranched alkanes of at least 4 members (excludes halogenated alkanes) is 4. The zero-order valence-corrected chi connectivity index (χ0v) is 17.1. The van der Waals surface area contributed by atoms with Gasteiger partial charge in [-0.15, -0.1) is 0 Å². The summed E-state index contributed by atoms with van der Waals surface area (Å²) in [5.41, 5.74) is 1.58. The first-order chi connectivity index (χ1) is 12.5. The van der Waals surface area contributed by atoms with Gasteiger partial charge in [0.15, 0.2) is 0 Å². The zero-order chi connectivity index (χ0) is 18.9. The van der Waals surface area contributed by atoms with E-state index in [0.29, 0.717) is 11.8 Å². The Morgan fingerprint density at radius 2 is 2.00 bits per heavy atom. The summed E-state index contributed by atoms with van der Waals surface area (Å²) >= 11 is 0. The van der Waals surface area contributed by atoms with Crippen molar-refractivity contribution in [2.45, 2.75) is 83.3 Å². The molecule has 0 aliphatic heterocycles. The van der Waals surface area contributed by atoms with Crippen LogP contribution in [0.4, 0.5) is 0 Å². The average molecular weight is 362 g/mol. The van der Waals surface area contributed by atoms with Gasteiger partial charge in [-0.05, 0) is 77.4 Å². The first-order valence-corrected chi connectivity index (χ1v) is 10.7. The van der Waals surface area contributed by atoms with Crippen LogP contribution in [-0.4, -0.2) is 48.0 Å². The Morgan fingerprint density at radius 1 is 1.19 bits per heavy atom. The van der Waals surface area contributed by atoms with Crippen molar-refractivity contribution in [1.82, 2.24) is 4.90 Å². The molecule has 2 aliphatic carbocycles. The highest BCUT2D eigenvalue weighted by Gasteiger charge is 2.43. The summed E-state index contributed by atoms with van der Waals surface area (Å²) in [7, 11) is 4.27. The number of fused-ring (bicyclic) bond motifs is 1. The second-order valence-corrected chi connectivity index (χ2v) is 8.60. The standard InChI is InChI=1S/C23H39NO2/c1-4-5-7-11-20(25)12-13-21-22-16-18(15-19(22)17-23(21)26)10-8-6-9-14-24(2)3/h15,19-23,25-26H,4-11,14,16-17H2,1-3H3/t19-,20-,21+,22-,23+/m0/s1. The Labute approximate surface area is 160 Å². The second-order valence-electron chi connectivity index (χ2n) is 8.60. The normalized spacial score (nSPS) is 28.6. The largest absolute Gasteiger partial charge is 0.392 e. The van der Waals surface area contributed by atoms with Crippen LogP contribution in [0.25, 0.3) is 0 Å². The summed E-state index contributed by atoms with van der Waals surface area (Å²) in [5.74, 6) is 7.29. The lowest BCUT2D eigenvalue weighted by atomic mass is 9.89. The summed E-state index contributed by atoms with van der Waals surface area (Å²) in [4.78, 5) is 2.25. The molecule has 0 aromatic rings. The minimum atomic E-state index is -0.529. The molecule has 0 aromatic heterocycles. The number of allylic oxidation sites excluding steroid dienone is 2. The third-order valence-corrected chi connectivity index (χ3v) is 5.99. The van der Waals surface area contributed by atoms with E-state index in [2.05, 4.69) is 43.8 Å². The molecular formula is C23H39NO2. The van der Waals surface area contributed by atoms with Crippen molar-refractivity contribution in [3.63, 3.8) is 0 Å². The molecule has 0 bridgehead atoms. The summed E-state index contributed by atoms with van der Waals surface area (Å²) in [6.07, 6.45) is 12.7. The van der Waals surface area contributed by atoms with Gasteiger partial charge in [0.05, 0.1) is 12.0 Å². The van der Waals surface area contributed by atoms with Crippen molar-refractivity contribution >= 4 is 0 Å². The number of hydrogen-bond donors (Lipinski definition) is 2. The van der Waals surface area contributed by atoms with Crippen molar-refractivity contribution < 1.29 is 10.2 Å². The van der Waals surface area contributed by atoms with Crippen molar-refractivity contribution in [1.29, 1.82) is 0 Å². The summed E-state index contributed by atoms with van der Waals surface area (Å²) in [6.45, 7) is 3.34. The van der Waals surface area contributed by atoms with Crippen LogP contribution < -0.4 is 0 Å². The Kier molecular flexibility index (Phi) is 9.19. The van der Waals surface area contributed by atoms with E-state index >= 15 is 0 Å². The minimum Gasteiger partial charge on any atom is -0.392 e. The van der Waals surface area contributed by atoms with Crippen LogP contribution in [0.2, 0.25) is 0 Å². The molecule has 2 N–H and O–H groups in total. The van der Waals surface area contributed by atoms with Crippen LogP contribution in [0.5, 0.6) is 0 Å². The van der Waals surface area contributed by atoms with Crippen LogP contribution >= 0.6 is 0 Å². The van der Waals surface area contributed by atoms with Gasteiger partial charge in [-0.25, -0.2) is 0 Å². The fourth-order valence-corrected chi connectivity index (χ4v) is 4.49. The molecule has 148 valence electrons. The van der Waals surface area contributed by atoms with Crippen LogP contribution in [0, 0.1) is 29.6 Å². The molecular weight excluding hydrogens is 322 g/mol. The third-order valence-electron chi connectivity index (χ3n) is 5.99.